The highest BCUT2D eigenvalue weighted by atomic mass is 35.5. The van der Waals surface area contributed by atoms with E-state index in [0.717, 1.165) is 22.5 Å². The summed E-state index contributed by atoms with van der Waals surface area (Å²) in [5.74, 6) is 0.466. The van der Waals surface area contributed by atoms with Crippen LogP contribution in [0.3, 0.4) is 0 Å². The number of hydrogen-bond donors (Lipinski definition) is 1. The van der Waals surface area contributed by atoms with Crippen LogP contribution in [0.1, 0.15) is 59.3 Å². The van der Waals surface area contributed by atoms with Crippen LogP contribution in [0.5, 0.6) is 0 Å². The van der Waals surface area contributed by atoms with Gasteiger partial charge in [0, 0.05) is 29.1 Å². The third kappa shape index (κ3) is 3.88. The summed E-state index contributed by atoms with van der Waals surface area (Å²) in [6.07, 6.45) is 6.91. The van der Waals surface area contributed by atoms with Crippen molar-refractivity contribution in [2.75, 3.05) is 6.54 Å². The number of carbonyl (C=O) groups excluding carboxylic acids is 1. The molecule has 3 aromatic rings. The highest BCUT2D eigenvalue weighted by Gasteiger charge is 2.31. The molecule has 0 radical (unpaired) electrons. The Bertz CT molecular complexity index is 1160. The molecule has 0 unspecified atom stereocenters. The zero-order valence-electron chi connectivity index (χ0n) is 17.5. The fraction of sp³-hybridized carbons (Fsp3) is 0.360. The Morgan fingerprint density at radius 3 is 2.71 bits per heavy atom. The summed E-state index contributed by atoms with van der Waals surface area (Å²) in [5.41, 5.74) is 6.65. The molecule has 1 aromatic heterocycles. The number of hydrogen-bond acceptors (Lipinski definition) is 2. The molecule has 0 atom stereocenters. The molecule has 0 bridgehead atoms. The molecule has 1 fully saturated rings. The first-order valence-electron chi connectivity index (χ1n) is 11.0. The van der Waals surface area contributed by atoms with Crippen molar-refractivity contribution >= 4 is 29.1 Å². The molecule has 2 aliphatic carbocycles. The Labute approximate surface area is 192 Å². The van der Waals surface area contributed by atoms with Gasteiger partial charge in [-0.2, -0.15) is 5.10 Å². The molecular weight excluding hydrogens is 429 g/mol. The third-order valence-corrected chi connectivity index (χ3v) is 7.03. The second-order valence-corrected chi connectivity index (χ2v) is 9.58. The highest BCUT2D eigenvalue weighted by Crippen LogP contribution is 2.41. The predicted molar refractivity (Wildman–Crippen MR) is 125 cm³/mol. The fourth-order valence-corrected chi connectivity index (χ4v) is 5.40. The van der Waals surface area contributed by atoms with Crippen molar-refractivity contribution in [1.82, 2.24) is 15.1 Å². The first-order valence-corrected chi connectivity index (χ1v) is 11.7. The van der Waals surface area contributed by atoms with Gasteiger partial charge in [0.1, 0.15) is 0 Å². The molecule has 31 heavy (non-hydrogen) atoms. The van der Waals surface area contributed by atoms with Crippen LogP contribution in [0, 0.1) is 12.8 Å². The van der Waals surface area contributed by atoms with E-state index >= 15 is 0 Å². The van der Waals surface area contributed by atoms with Gasteiger partial charge >= 0.3 is 0 Å². The molecule has 1 saturated carbocycles. The number of fused-ring (bicyclic) bond motifs is 3. The Kier molecular flexibility index (Phi) is 5.53. The van der Waals surface area contributed by atoms with E-state index in [0.29, 0.717) is 34.6 Å². The van der Waals surface area contributed by atoms with Gasteiger partial charge in [-0.05, 0) is 49.4 Å². The first-order chi connectivity index (χ1) is 15.0. The Hall–Kier alpha value is -2.30. The van der Waals surface area contributed by atoms with Crippen molar-refractivity contribution in [2.24, 2.45) is 5.92 Å². The van der Waals surface area contributed by atoms with Crippen molar-refractivity contribution in [3.8, 4) is 16.9 Å². The summed E-state index contributed by atoms with van der Waals surface area (Å²) in [5, 5.41) is 8.99. The zero-order chi connectivity index (χ0) is 21.5. The molecular formula is C25H25Cl2N3O. The summed E-state index contributed by atoms with van der Waals surface area (Å²) < 4.78 is 1.81. The van der Waals surface area contributed by atoms with Gasteiger partial charge in [-0.3, -0.25) is 4.79 Å². The number of amides is 1. The van der Waals surface area contributed by atoms with E-state index in [9.17, 15) is 4.79 Å². The quantitative estimate of drug-likeness (QED) is 0.390. The van der Waals surface area contributed by atoms with Crippen molar-refractivity contribution in [3.63, 3.8) is 0 Å². The van der Waals surface area contributed by atoms with Gasteiger partial charge in [-0.15, -0.1) is 0 Å². The van der Waals surface area contributed by atoms with Gasteiger partial charge in [0.05, 0.1) is 16.4 Å². The minimum Gasteiger partial charge on any atom is -0.350 e. The van der Waals surface area contributed by atoms with Gasteiger partial charge in [0.2, 0.25) is 0 Å². The number of carbonyl (C=O) groups is 1. The Balaban J connectivity index is 1.54. The molecule has 1 heterocycles. The minimum atomic E-state index is -0.102. The van der Waals surface area contributed by atoms with Crippen LogP contribution in [-0.2, 0) is 6.42 Å². The maximum absolute atomic E-state index is 13.2. The van der Waals surface area contributed by atoms with Gasteiger partial charge in [0.25, 0.3) is 5.91 Å². The van der Waals surface area contributed by atoms with E-state index in [1.807, 2.05) is 10.7 Å². The van der Waals surface area contributed by atoms with Crippen molar-refractivity contribution in [2.45, 2.75) is 45.4 Å². The number of aryl methyl sites for hydroxylation is 1. The number of rotatable bonds is 4. The summed E-state index contributed by atoms with van der Waals surface area (Å²) in [4.78, 5) is 13.2. The van der Waals surface area contributed by atoms with Crippen LogP contribution >= 0.6 is 23.2 Å². The van der Waals surface area contributed by atoms with Crippen LogP contribution in [0.25, 0.3) is 16.9 Å². The van der Waals surface area contributed by atoms with Crippen molar-refractivity contribution < 1.29 is 4.79 Å². The molecule has 6 heteroatoms. The SMILES string of the molecule is Cc1ccc2c(c1)Cc1c(C(=O)NCC3CCCCC3)nn(-c3ccc(Cl)cc3Cl)c1-2. The first kappa shape index (κ1) is 20.6. The van der Waals surface area contributed by atoms with Gasteiger partial charge in [0.15, 0.2) is 5.69 Å². The molecule has 5 rings (SSSR count). The fourth-order valence-electron chi connectivity index (χ4n) is 4.91. The summed E-state index contributed by atoms with van der Waals surface area (Å²) in [6, 6.07) is 11.8. The topological polar surface area (TPSA) is 46.9 Å². The molecule has 0 saturated heterocycles. The second kappa shape index (κ2) is 8.33. The van der Waals surface area contributed by atoms with E-state index in [1.165, 1.54) is 43.2 Å². The van der Waals surface area contributed by atoms with E-state index in [4.69, 9.17) is 28.3 Å². The predicted octanol–water partition coefficient (Wildman–Crippen LogP) is 6.37. The van der Waals surface area contributed by atoms with E-state index < -0.39 is 0 Å². The van der Waals surface area contributed by atoms with Crippen LogP contribution in [0.2, 0.25) is 10.0 Å². The van der Waals surface area contributed by atoms with Gasteiger partial charge in [-0.25, -0.2) is 4.68 Å². The average Bonchev–Trinajstić information content (AvgIpc) is 3.29. The van der Waals surface area contributed by atoms with Crippen LogP contribution in [-0.4, -0.2) is 22.2 Å². The lowest BCUT2D eigenvalue weighted by Crippen LogP contribution is -2.31. The van der Waals surface area contributed by atoms with E-state index in [2.05, 4.69) is 30.4 Å². The molecule has 1 amide bonds. The number of benzene rings is 2. The monoisotopic (exact) mass is 453 g/mol. The van der Waals surface area contributed by atoms with E-state index in [1.54, 1.807) is 12.1 Å². The van der Waals surface area contributed by atoms with Crippen molar-refractivity contribution in [1.29, 1.82) is 0 Å². The minimum absolute atomic E-state index is 0.102. The van der Waals surface area contributed by atoms with Crippen molar-refractivity contribution in [3.05, 3.63) is 68.8 Å². The van der Waals surface area contributed by atoms with Gasteiger partial charge < -0.3 is 5.32 Å². The molecule has 2 aromatic carbocycles. The average molecular weight is 454 g/mol. The number of aromatic nitrogens is 2. The van der Waals surface area contributed by atoms with E-state index in [-0.39, 0.29) is 5.91 Å². The maximum atomic E-state index is 13.2. The summed E-state index contributed by atoms with van der Waals surface area (Å²) in [7, 11) is 0. The zero-order valence-corrected chi connectivity index (χ0v) is 19.1. The maximum Gasteiger partial charge on any atom is 0.272 e. The number of halogens is 2. The number of nitrogens with one attached hydrogen (secondary N) is 1. The van der Waals surface area contributed by atoms with Crippen LogP contribution in [0.4, 0.5) is 0 Å². The molecule has 0 spiro atoms. The third-order valence-electron chi connectivity index (χ3n) is 6.50. The summed E-state index contributed by atoms with van der Waals surface area (Å²) >= 11 is 12.6. The second-order valence-electron chi connectivity index (χ2n) is 8.73. The van der Waals surface area contributed by atoms with Crippen LogP contribution in [0.15, 0.2) is 36.4 Å². The smallest absolute Gasteiger partial charge is 0.272 e. The highest BCUT2D eigenvalue weighted by molar-refractivity contribution is 6.35. The molecule has 2 aliphatic rings. The van der Waals surface area contributed by atoms with Gasteiger partial charge in [-0.1, -0.05) is 66.2 Å². The Morgan fingerprint density at radius 1 is 1.13 bits per heavy atom. The standard InChI is InChI=1S/C25H25Cl2N3O/c1-15-7-9-19-17(11-15)12-20-23(25(31)28-14-16-5-3-2-4-6-16)29-30(24(19)20)22-10-8-18(26)13-21(22)27/h7-11,13,16H,2-6,12,14H2,1H3,(H,28,31). The number of nitrogens with zero attached hydrogens (tertiary/aromatic N) is 2. The lowest BCUT2D eigenvalue weighted by molar-refractivity contribution is 0.0937. The van der Waals surface area contributed by atoms with Crippen LogP contribution < -0.4 is 5.32 Å². The molecule has 4 nitrogen and oxygen atoms in total. The molecule has 160 valence electrons. The molecule has 1 N–H and O–H groups in total. The lowest BCUT2D eigenvalue weighted by Gasteiger charge is -2.21. The molecule has 0 aliphatic heterocycles. The Morgan fingerprint density at radius 2 is 1.94 bits per heavy atom. The summed E-state index contributed by atoms with van der Waals surface area (Å²) in [6.45, 7) is 2.80. The lowest BCUT2D eigenvalue weighted by atomic mass is 9.89. The normalized spacial score (nSPS) is 15.6. The largest absolute Gasteiger partial charge is 0.350 e.